The molecule has 4 aromatic carbocycles. The van der Waals surface area contributed by atoms with Crippen molar-refractivity contribution in [3.8, 4) is 23.1 Å². The molecule has 7 rings (SSSR count). The van der Waals surface area contributed by atoms with Crippen LogP contribution in [0.2, 0.25) is 0 Å². The van der Waals surface area contributed by atoms with Crippen molar-refractivity contribution < 1.29 is 14.2 Å². The Balaban J connectivity index is 1.39. The van der Waals surface area contributed by atoms with E-state index in [0.717, 1.165) is 50.3 Å². The van der Waals surface area contributed by atoms with E-state index in [1.807, 2.05) is 30.3 Å². The number of benzene rings is 4. The third kappa shape index (κ3) is 3.85. The summed E-state index contributed by atoms with van der Waals surface area (Å²) in [5.41, 5.74) is 6.02. The minimum Gasteiger partial charge on any atom is -0.497 e. The van der Waals surface area contributed by atoms with E-state index in [1.165, 1.54) is 5.56 Å². The molecule has 0 spiro atoms. The van der Waals surface area contributed by atoms with Gasteiger partial charge in [0.15, 0.2) is 11.5 Å². The highest BCUT2D eigenvalue weighted by atomic mass is 16.5. The van der Waals surface area contributed by atoms with Gasteiger partial charge in [0.1, 0.15) is 30.2 Å². The lowest BCUT2D eigenvalue weighted by Gasteiger charge is -2.29. The summed E-state index contributed by atoms with van der Waals surface area (Å²) in [5, 5.41) is 6.97. The van der Waals surface area contributed by atoms with Gasteiger partial charge in [-0.15, -0.1) is 5.10 Å². The molecule has 192 valence electrons. The Bertz CT molecular complexity index is 1860. The van der Waals surface area contributed by atoms with Crippen molar-refractivity contribution in [2.75, 3.05) is 7.11 Å². The van der Waals surface area contributed by atoms with E-state index in [4.69, 9.17) is 24.3 Å². The van der Waals surface area contributed by atoms with E-state index in [2.05, 4.69) is 67.4 Å². The lowest BCUT2D eigenvalue weighted by atomic mass is 9.81. The van der Waals surface area contributed by atoms with Crippen LogP contribution in [0.4, 0.5) is 0 Å². The molecule has 6 aromatic rings. The number of ether oxygens (including phenoxy) is 3. The zero-order chi connectivity index (χ0) is 26.5. The second kappa shape index (κ2) is 9.13. The minimum absolute atomic E-state index is 0.172. The number of nitrogens with zero attached hydrogens (tertiary/aromatic N) is 4. The van der Waals surface area contributed by atoms with Crippen LogP contribution in [-0.4, -0.2) is 26.7 Å². The second-order valence-corrected chi connectivity index (χ2v) is 9.75. The summed E-state index contributed by atoms with van der Waals surface area (Å²) in [5.74, 6) is 3.34. The van der Waals surface area contributed by atoms with Crippen LogP contribution in [-0.2, 0) is 6.61 Å². The van der Waals surface area contributed by atoms with Gasteiger partial charge in [0.05, 0.1) is 12.7 Å². The Kier molecular flexibility index (Phi) is 5.44. The van der Waals surface area contributed by atoms with Gasteiger partial charge in [-0.25, -0.2) is 14.5 Å². The fraction of sp³-hybridized carbons (Fsp3) is 0.156. The highest BCUT2D eigenvalue weighted by Crippen LogP contribution is 2.50. The second-order valence-electron chi connectivity index (χ2n) is 9.75. The van der Waals surface area contributed by atoms with Gasteiger partial charge in [-0.3, -0.25) is 0 Å². The topological polar surface area (TPSA) is 70.8 Å². The zero-order valence-electron chi connectivity index (χ0n) is 21.9. The van der Waals surface area contributed by atoms with Gasteiger partial charge in [-0.1, -0.05) is 54.6 Å². The van der Waals surface area contributed by atoms with Crippen LogP contribution in [0.5, 0.6) is 23.1 Å². The number of aryl methyl sites for hydroxylation is 1. The van der Waals surface area contributed by atoms with Crippen molar-refractivity contribution in [1.29, 1.82) is 0 Å². The van der Waals surface area contributed by atoms with Gasteiger partial charge in [0.25, 0.3) is 0 Å². The van der Waals surface area contributed by atoms with Crippen LogP contribution >= 0.6 is 0 Å². The summed E-state index contributed by atoms with van der Waals surface area (Å²) < 4.78 is 19.7. The number of fused-ring (bicyclic) bond motifs is 6. The fourth-order valence-electron chi connectivity index (χ4n) is 5.36. The zero-order valence-corrected chi connectivity index (χ0v) is 21.9. The molecule has 1 atom stereocenters. The van der Waals surface area contributed by atoms with Crippen LogP contribution in [0, 0.1) is 13.8 Å². The molecule has 0 radical (unpaired) electrons. The van der Waals surface area contributed by atoms with Gasteiger partial charge >= 0.3 is 0 Å². The highest BCUT2D eigenvalue weighted by molar-refractivity contribution is 5.90. The number of aromatic nitrogens is 4. The molecule has 0 saturated heterocycles. The van der Waals surface area contributed by atoms with E-state index in [9.17, 15) is 0 Å². The molecule has 1 aliphatic rings. The van der Waals surface area contributed by atoms with E-state index < -0.39 is 0 Å². The molecule has 1 unspecified atom stereocenters. The average molecular weight is 515 g/mol. The molecular weight excluding hydrogens is 488 g/mol. The SMILES string of the molecule is COc1ccc(C2c3c(ccc4ccccc34)Oc3ncn4nc(COc5cccc(C)c5C)nc4c32)cc1. The maximum Gasteiger partial charge on any atom is 0.228 e. The van der Waals surface area contributed by atoms with Crippen molar-refractivity contribution in [3.05, 3.63) is 119 Å². The molecule has 3 heterocycles. The number of hydrogen-bond donors (Lipinski definition) is 0. The number of hydrogen-bond acceptors (Lipinski definition) is 6. The van der Waals surface area contributed by atoms with Gasteiger partial charge in [0.2, 0.25) is 5.88 Å². The number of methoxy groups -OCH3 is 1. The van der Waals surface area contributed by atoms with E-state index >= 15 is 0 Å². The minimum atomic E-state index is -0.172. The molecule has 7 heteroatoms. The summed E-state index contributed by atoms with van der Waals surface area (Å²) in [4.78, 5) is 9.60. The summed E-state index contributed by atoms with van der Waals surface area (Å²) in [6.07, 6.45) is 1.65. The van der Waals surface area contributed by atoms with Crippen LogP contribution in [0.3, 0.4) is 0 Å². The molecule has 0 amide bonds. The molecule has 0 N–H and O–H groups in total. The quantitative estimate of drug-likeness (QED) is 0.253. The largest absolute Gasteiger partial charge is 0.497 e. The van der Waals surface area contributed by atoms with E-state index in [0.29, 0.717) is 17.4 Å². The summed E-state index contributed by atoms with van der Waals surface area (Å²) >= 11 is 0. The summed E-state index contributed by atoms with van der Waals surface area (Å²) in [7, 11) is 1.67. The van der Waals surface area contributed by atoms with Crippen molar-refractivity contribution in [1.82, 2.24) is 19.6 Å². The first-order valence-electron chi connectivity index (χ1n) is 12.9. The van der Waals surface area contributed by atoms with Crippen LogP contribution in [0.15, 0.2) is 85.2 Å². The maximum absolute atomic E-state index is 6.41. The first kappa shape index (κ1) is 23.2. The van der Waals surface area contributed by atoms with Crippen molar-refractivity contribution in [3.63, 3.8) is 0 Å². The van der Waals surface area contributed by atoms with Gasteiger partial charge in [-0.05, 0) is 65.6 Å². The summed E-state index contributed by atoms with van der Waals surface area (Å²) in [6, 6.07) is 26.7. The molecular formula is C32H26N4O3. The fourth-order valence-corrected chi connectivity index (χ4v) is 5.36. The Morgan fingerprint density at radius 3 is 2.59 bits per heavy atom. The third-order valence-electron chi connectivity index (χ3n) is 7.51. The van der Waals surface area contributed by atoms with Crippen molar-refractivity contribution >= 4 is 16.4 Å². The molecule has 0 bridgehead atoms. The smallest absolute Gasteiger partial charge is 0.228 e. The Labute approximate surface area is 225 Å². The summed E-state index contributed by atoms with van der Waals surface area (Å²) in [6.45, 7) is 4.37. The normalized spacial score (nSPS) is 14.1. The van der Waals surface area contributed by atoms with E-state index in [1.54, 1.807) is 18.0 Å². The lowest BCUT2D eigenvalue weighted by Crippen LogP contribution is -2.15. The van der Waals surface area contributed by atoms with E-state index in [-0.39, 0.29) is 12.5 Å². The lowest BCUT2D eigenvalue weighted by molar-refractivity contribution is 0.294. The number of rotatable bonds is 5. The molecule has 0 fully saturated rings. The van der Waals surface area contributed by atoms with Crippen LogP contribution in [0.25, 0.3) is 16.4 Å². The van der Waals surface area contributed by atoms with Crippen LogP contribution < -0.4 is 14.2 Å². The van der Waals surface area contributed by atoms with Crippen LogP contribution in [0.1, 0.15) is 39.6 Å². The molecule has 2 aromatic heterocycles. The van der Waals surface area contributed by atoms with Gasteiger partial charge in [0, 0.05) is 11.5 Å². The molecule has 7 nitrogen and oxygen atoms in total. The molecule has 0 aliphatic carbocycles. The first-order chi connectivity index (χ1) is 19.1. The highest BCUT2D eigenvalue weighted by Gasteiger charge is 2.34. The van der Waals surface area contributed by atoms with Crippen molar-refractivity contribution in [2.45, 2.75) is 26.4 Å². The Morgan fingerprint density at radius 2 is 1.74 bits per heavy atom. The molecule has 39 heavy (non-hydrogen) atoms. The van der Waals surface area contributed by atoms with Crippen molar-refractivity contribution in [2.24, 2.45) is 0 Å². The maximum atomic E-state index is 6.41. The standard InChI is InChI=1S/C32H26N4O3/c1-19-7-6-10-25(20(19)2)38-17-27-34-31-30-28(22-11-14-23(37-3)15-12-22)29-24-9-5-4-8-21(24)13-16-26(29)39-32(30)33-18-36(31)35-27/h4-16,18,28H,17H2,1-3H3. The Morgan fingerprint density at radius 1 is 0.897 bits per heavy atom. The van der Waals surface area contributed by atoms with Gasteiger partial charge < -0.3 is 14.2 Å². The molecule has 1 aliphatic heterocycles. The Hall–Kier alpha value is -4.91. The molecule has 0 saturated carbocycles. The predicted molar refractivity (Wildman–Crippen MR) is 149 cm³/mol. The average Bonchev–Trinajstić information content (AvgIpc) is 3.40. The first-order valence-corrected chi connectivity index (χ1v) is 12.9. The monoisotopic (exact) mass is 514 g/mol. The predicted octanol–water partition coefficient (Wildman–Crippen LogP) is 6.77. The third-order valence-corrected chi connectivity index (χ3v) is 7.51. The van der Waals surface area contributed by atoms with Gasteiger partial charge in [-0.2, -0.15) is 0 Å².